The average Bonchev–Trinajstić information content (AvgIpc) is 3.89. The molecule has 0 saturated carbocycles. The van der Waals surface area contributed by atoms with E-state index >= 15 is 0 Å². The third kappa shape index (κ3) is 6.01. The van der Waals surface area contributed by atoms with Crippen LogP contribution < -0.4 is 4.90 Å². The molecule has 0 spiro atoms. The summed E-state index contributed by atoms with van der Waals surface area (Å²) in [6, 6.07) is 84.0. The van der Waals surface area contributed by atoms with Crippen molar-refractivity contribution in [2.45, 2.75) is 0 Å². The Kier molecular flexibility index (Phi) is 8.39. The monoisotopic (exact) mass is 794 g/mol. The Morgan fingerprint density at radius 1 is 0.311 bits per heavy atom. The molecule has 0 fully saturated rings. The zero-order chi connectivity index (χ0) is 40.3. The molecule has 2 nitrogen and oxygen atoms in total. The molecule has 10 aromatic carbocycles. The highest BCUT2D eigenvalue weighted by Crippen LogP contribution is 2.44. The molecule has 0 radical (unpaired) electrons. The normalized spacial score (nSPS) is 11.6. The van der Waals surface area contributed by atoms with Crippen molar-refractivity contribution in [2.75, 3.05) is 4.90 Å². The summed E-state index contributed by atoms with van der Waals surface area (Å²) in [6.07, 6.45) is 0. The molecule has 0 N–H and O–H groups in total. The SMILES string of the molecule is c1ccc(-c2cccc(N(c3ccc(-c4cccc(-n5c6ccccc6c6ccccc65)c4)cc3)c3ccc(-c4cccc5c4sc4c6ccccc6ccc54)cc3)c2)cc1. The lowest BCUT2D eigenvalue weighted by Gasteiger charge is -2.26. The lowest BCUT2D eigenvalue weighted by Crippen LogP contribution is -2.10. The summed E-state index contributed by atoms with van der Waals surface area (Å²) < 4.78 is 5.06. The largest absolute Gasteiger partial charge is 0.310 e. The molecular weight excluding hydrogens is 757 g/mol. The van der Waals surface area contributed by atoms with E-state index in [1.165, 1.54) is 86.1 Å². The van der Waals surface area contributed by atoms with Crippen molar-refractivity contribution < 1.29 is 0 Å². The summed E-state index contributed by atoms with van der Waals surface area (Å²) >= 11 is 1.90. The van der Waals surface area contributed by atoms with E-state index in [-0.39, 0.29) is 0 Å². The quantitative estimate of drug-likeness (QED) is 0.156. The molecular formula is C58H38N2S. The maximum Gasteiger partial charge on any atom is 0.0541 e. The van der Waals surface area contributed by atoms with E-state index in [0.29, 0.717) is 0 Å². The lowest BCUT2D eigenvalue weighted by atomic mass is 10.0. The number of anilines is 3. The van der Waals surface area contributed by atoms with Gasteiger partial charge in [0.25, 0.3) is 0 Å². The number of fused-ring (bicyclic) bond motifs is 8. The Hall–Kier alpha value is -7.72. The Morgan fingerprint density at radius 2 is 0.852 bits per heavy atom. The summed E-state index contributed by atoms with van der Waals surface area (Å²) in [7, 11) is 0. The van der Waals surface area contributed by atoms with Gasteiger partial charge in [0.2, 0.25) is 0 Å². The van der Waals surface area contributed by atoms with Crippen LogP contribution in [0.2, 0.25) is 0 Å². The minimum atomic E-state index is 1.10. The standard InChI is InChI=1S/C58H38N2S/c1-2-13-39(14-3-1)43-16-10-18-47(37-43)59(46-34-29-42(30-35-46)50-23-12-24-53-54-36-31-41-15-4-5-20-49(41)58(54)61-57(50)53)45-32-27-40(28-33-45)44-17-11-19-48(38-44)60-55-25-8-6-21-51(55)52-22-7-9-26-56(52)60/h1-38H. The lowest BCUT2D eigenvalue weighted by molar-refractivity contribution is 1.18. The Morgan fingerprint density at radius 3 is 1.59 bits per heavy atom. The maximum atomic E-state index is 2.39. The van der Waals surface area contributed by atoms with Gasteiger partial charge in [0.05, 0.1) is 11.0 Å². The Labute approximate surface area is 358 Å². The minimum Gasteiger partial charge on any atom is -0.310 e. The van der Waals surface area contributed by atoms with Crippen molar-refractivity contribution in [3.05, 3.63) is 231 Å². The van der Waals surface area contributed by atoms with Crippen LogP contribution in [0.5, 0.6) is 0 Å². The van der Waals surface area contributed by atoms with Gasteiger partial charge in [0.1, 0.15) is 0 Å². The van der Waals surface area contributed by atoms with Crippen molar-refractivity contribution in [3.63, 3.8) is 0 Å². The molecule has 0 saturated heterocycles. The van der Waals surface area contributed by atoms with Crippen molar-refractivity contribution in [1.82, 2.24) is 4.57 Å². The molecule has 2 aromatic heterocycles. The van der Waals surface area contributed by atoms with Gasteiger partial charge in [-0.2, -0.15) is 0 Å². The highest BCUT2D eigenvalue weighted by atomic mass is 32.1. The molecule has 12 rings (SSSR count). The van der Waals surface area contributed by atoms with Crippen LogP contribution in [0.25, 0.3) is 91.8 Å². The van der Waals surface area contributed by atoms with Gasteiger partial charge in [0.15, 0.2) is 0 Å². The highest BCUT2D eigenvalue weighted by Gasteiger charge is 2.17. The first-order chi connectivity index (χ1) is 30.2. The van der Waals surface area contributed by atoms with E-state index in [0.717, 1.165) is 22.7 Å². The van der Waals surface area contributed by atoms with Gasteiger partial charge >= 0.3 is 0 Å². The third-order valence-corrected chi connectivity index (χ3v) is 13.5. The van der Waals surface area contributed by atoms with Crippen molar-refractivity contribution >= 4 is 81.1 Å². The second kappa shape index (κ2) is 14.5. The molecule has 286 valence electrons. The van der Waals surface area contributed by atoms with E-state index in [4.69, 9.17) is 0 Å². The van der Waals surface area contributed by atoms with Crippen LogP contribution in [-0.4, -0.2) is 4.57 Å². The maximum absolute atomic E-state index is 2.39. The van der Waals surface area contributed by atoms with E-state index in [1.54, 1.807) is 0 Å². The van der Waals surface area contributed by atoms with Crippen molar-refractivity contribution in [1.29, 1.82) is 0 Å². The fraction of sp³-hybridized carbons (Fsp3) is 0. The topological polar surface area (TPSA) is 8.17 Å². The molecule has 61 heavy (non-hydrogen) atoms. The van der Waals surface area contributed by atoms with Crippen LogP contribution in [0.4, 0.5) is 17.1 Å². The molecule has 3 heteroatoms. The summed E-state index contributed by atoms with van der Waals surface area (Å²) in [4.78, 5) is 2.38. The highest BCUT2D eigenvalue weighted by molar-refractivity contribution is 7.27. The summed E-state index contributed by atoms with van der Waals surface area (Å²) in [5.74, 6) is 0. The van der Waals surface area contributed by atoms with Crippen molar-refractivity contribution in [3.8, 4) is 39.1 Å². The van der Waals surface area contributed by atoms with E-state index in [1.807, 2.05) is 11.3 Å². The van der Waals surface area contributed by atoms with Gasteiger partial charge < -0.3 is 9.47 Å². The average molecular weight is 795 g/mol. The second-order valence-electron chi connectivity index (χ2n) is 15.7. The van der Waals surface area contributed by atoms with Crippen LogP contribution in [0.1, 0.15) is 0 Å². The molecule has 2 heterocycles. The van der Waals surface area contributed by atoms with Gasteiger partial charge in [0, 0.05) is 53.7 Å². The zero-order valence-corrected chi connectivity index (χ0v) is 34.1. The molecule has 0 bridgehead atoms. The fourth-order valence-electron chi connectivity index (χ4n) is 9.27. The fourth-order valence-corrected chi connectivity index (χ4v) is 10.6. The molecule has 12 aromatic rings. The zero-order valence-electron chi connectivity index (χ0n) is 33.2. The molecule has 0 atom stereocenters. The van der Waals surface area contributed by atoms with Crippen LogP contribution in [0, 0.1) is 0 Å². The van der Waals surface area contributed by atoms with Crippen LogP contribution in [0.15, 0.2) is 231 Å². The third-order valence-electron chi connectivity index (χ3n) is 12.2. The van der Waals surface area contributed by atoms with E-state index in [2.05, 4.69) is 240 Å². The van der Waals surface area contributed by atoms with Crippen LogP contribution in [-0.2, 0) is 0 Å². The number of para-hydroxylation sites is 2. The smallest absolute Gasteiger partial charge is 0.0541 e. The summed E-state index contributed by atoms with van der Waals surface area (Å²) in [5, 5.41) is 7.77. The number of hydrogen-bond donors (Lipinski definition) is 0. The predicted molar refractivity (Wildman–Crippen MR) is 262 cm³/mol. The predicted octanol–water partition coefficient (Wildman–Crippen LogP) is 16.8. The number of aromatic nitrogens is 1. The first-order valence-corrected chi connectivity index (χ1v) is 21.6. The van der Waals surface area contributed by atoms with Gasteiger partial charge in [-0.05, 0) is 105 Å². The Balaban J connectivity index is 0.940. The molecule has 0 aliphatic heterocycles. The summed E-state index contributed by atoms with van der Waals surface area (Å²) in [5.41, 5.74) is 14.1. The Bertz CT molecular complexity index is 3520. The number of rotatable bonds is 7. The summed E-state index contributed by atoms with van der Waals surface area (Å²) in [6.45, 7) is 0. The van der Waals surface area contributed by atoms with Gasteiger partial charge in [-0.1, -0.05) is 170 Å². The van der Waals surface area contributed by atoms with Gasteiger partial charge in [-0.15, -0.1) is 11.3 Å². The van der Waals surface area contributed by atoms with Gasteiger partial charge in [-0.25, -0.2) is 0 Å². The van der Waals surface area contributed by atoms with Crippen LogP contribution in [0.3, 0.4) is 0 Å². The number of benzene rings is 10. The molecule has 0 unspecified atom stereocenters. The number of hydrogen-bond acceptors (Lipinski definition) is 2. The van der Waals surface area contributed by atoms with Crippen LogP contribution >= 0.6 is 11.3 Å². The van der Waals surface area contributed by atoms with Gasteiger partial charge in [-0.3, -0.25) is 0 Å². The molecule has 0 aliphatic carbocycles. The minimum absolute atomic E-state index is 1.10. The first-order valence-electron chi connectivity index (χ1n) is 20.8. The van der Waals surface area contributed by atoms with Crippen molar-refractivity contribution in [2.24, 2.45) is 0 Å². The second-order valence-corrected chi connectivity index (χ2v) is 16.7. The molecule has 0 aliphatic rings. The number of nitrogens with zero attached hydrogens (tertiary/aromatic N) is 2. The van der Waals surface area contributed by atoms with E-state index < -0.39 is 0 Å². The molecule has 0 amide bonds. The number of thiophene rings is 1. The van der Waals surface area contributed by atoms with E-state index in [9.17, 15) is 0 Å². The first kappa shape index (κ1) is 35.2.